The SMILES string of the molecule is CN(C)c1ccnc(CNC(=O)c2nc(-c3ccc(=O)n(C)c3)c(-c3ccc[nH]3)nc2N)n1. The Morgan fingerprint density at radius 2 is 1.97 bits per heavy atom. The second kappa shape index (κ2) is 8.91. The van der Waals surface area contributed by atoms with Gasteiger partial charge >= 0.3 is 0 Å². The summed E-state index contributed by atoms with van der Waals surface area (Å²) in [4.78, 5) is 47.3. The van der Waals surface area contributed by atoms with Crippen LogP contribution in [0.4, 0.5) is 11.6 Å². The molecule has 11 heteroatoms. The van der Waals surface area contributed by atoms with Crippen molar-refractivity contribution in [2.75, 3.05) is 24.7 Å². The fourth-order valence-corrected chi connectivity index (χ4v) is 3.18. The summed E-state index contributed by atoms with van der Waals surface area (Å²) in [6, 6.07) is 8.48. The summed E-state index contributed by atoms with van der Waals surface area (Å²) < 4.78 is 1.43. The van der Waals surface area contributed by atoms with Crippen LogP contribution < -0.4 is 21.5 Å². The van der Waals surface area contributed by atoms with Crippen LogP contribution >= 0.6 is 0 Å². The van der Waals surface area contributed by atoms with E-state index in [0.717, 1.165) is 5.82 Å². The maximum Gasteiger partial charge on any atom is 0.274 e. The number of aromatic amines is 1. The first-order valence-corrected chi connectivity index (χ1v) is 10.1. The number of hydrogen-bond donors (Lipinski definition) is 3. The van der Waals surface area contributed by atoms with Gasteiger partial charge in [0.2, 0.25) is 5.56 Å². The zero-order valence-corrected chi connectivity index (χ0v) is 18.4. The van der Waals surface area contributed by atoms with Crippen molar-refractivity contribution in [2.45, 2.75) is 6.54 Å². The Bertz CT molecular complexity index is 1360. The summed E-state index contributed by atoms with van der Waals surface area (Å²) in [6.45, 7) is 0.0924. The molecular formula is C22H23N9O2. The highest BCUT2D eigenvalue weighted by Gasteiger charge is 2.21. The molecule has 0 aliphatic rings. The topological polar surface area (TPSA) is 148 Å². The first-order chi connectivity index (χ1) is 15.8. The third-order valence-corrected chi connectivity index (χ3v) is 4.91. The van der Waals surface area contributed by atoms with Gasteiger partial charge in [0.15, 0.2) is 11.5 Å². The van der Waals surface area contributed by atoms with Gasteiger partial charge in [0, 0.05) is 51.4 Å². The molecule has 1 amide bonds. The van der Waals surface area contributed by atoms with Crippen molar-refractivity contribution in [2.24, 2.45) is 7.05 Å². The van der Waals surface area contributed by atoms with Gasteiger partial charge in [0.1, 0.15) is 23.0 Å². The summed E-state index contributed by atoms with van der Waals surface area (Å²) >= 11 is 0. The molecule has 11 nitrogen and oxygen atoms in total. The van der Waals surface area contributed by atoms with Gasteiger partial charge in [-0.15, -0.1) is 0 Å². The van der Waals surface area contributed by atoms with E-state index in [9.17, 15) is 9.59 Å². The van der Waals surface area contributed by atoms with Crippen LogP contribution in [-0.2, 0) is 13.6 Å². The molecule has 0 bridgehead atoms. The van der Waals surface area contributed by atoms with Crippen molar-refractivity contribution < 1.29 is 4.79 Å². The molecule has 0 unspecified atom stereocenters. The molecule has 0 saturated carbocycles. The maximum absolute atomic E-state index is 12.9. The Morgan fingerprint density at radius 3 is 2.67 bits per heavy atom. The van der Waals surface area contributed by atoms with Gasteiger partial charge in [0.25, 0.3) is 5.91 Å². The lowest BCUT2D eigenvalue weighted by atomic mass is 10.1. The molecule has 4 rings (SSSR count). The van der Waals surface area contributed by atoms with Gasteiger partial charge in [-0.25, -0.2) is 19.9 Å². The van der Waals surface area contributed by atoms with Gasteiger partial charge in [-0.05, 0) is 24.3 Å². The molecule has 4 N–H and O–H groups in total. The minimum atomic E-state index is -0.511. The molecule has 168 valence electrons. The summed E-state index contributed by atoms with van der Waals surface area (Å²) in [7, 11) is 5.38. The Hall–Kier alpha value is -4.54. The van der Waals surface area contributed by atoms with E-state index in [2.05, 4.69) is 30.2 Å². The largest absolute Gasteiger partial charge is 0.382 e. The third-order valence-electron chi connectivity index (χ3n) is 4.91. The number of nitrogens with two attached hydrogens (primary N) is 1. The third kappa shape index (κ3) is 4.56. The van der Waals surface area contributed by atoms with Crippen molar-refractivity contribution in [3.05, 3.63) is 70.8 Å². The van der Waals surface area contributed by atoms with Crippen molar-refractivity contribution in [3.63, 3.8) is 0 Å². The highest BCUT2D eigenvalue weighted by Crippen LogP contribution is 2.29. The Balaban J connectivity index is 1.70. The van der Waals surface area contributed by atoms with Crippen LogP contribution in [0.5, 0.6) is 0 Å². The predicted octanol–water partition coefficient (Wildman–Crippen LogP) is 1.21. The molecule has 4 heterocycles. The van der Waals surface area contributed by atoms with Crippen LogP contribution in [0.2, 0.25) is 0 Å². The second-order valence-corrected chi connectivity index (χ2v) is 7.51. The van der Waals surface area contributed by atoms with Crippen LogP contribution in [0.1, 0.15) is 16.3 Å². The molecule has 4 aromatic rings. The number of amides is 1. The molecule has 0 aliphatic carbocycles. The Morgan fingerprint density at radius 1 is 1.15 bits per heavy atom. The predicted molar refractivity (Wildman–Crippen MR) is 124 cm³/mol. The molecule has 33 heavy (non-hydrogen) atoms. The van der Waals surface area contributed by atoms with Crippen LogP contribution in [0.15, 0.2) is 53.7 Å². The molecule has 0 aliphatic heterocycles. The van der Waals surface area contributed by atoms with E-state index in [4.69, 9.17) is 5.73 Å². The first-order valence-electron chi connectivity index (χ1n) is 10.1. The number of carbonyl (C=O) groups excluding carboxylic acids is 1. The molecule has 0 aromatic carbocycles. The van der Waals surface area contributed by atoms with Gasteiger partial charge in [-0.2, -0.15) is 0 Å². The van der Waals surface area contributed by atoms with Crippen LogP contribution in [0.25, 0.3) is 22.6 Å². The lowest BCUT2D eigenvalue weighted by Crippen LogP contribution is -2.27. The van der Waals surface area contributed by atoms with Gasteiger partial charge in [0.05, 0.1) is 12.2 Å². The molecule has 0 fully saturated rings. The maximum atomic E-state index is 12.9. The summed E-state index contributed by atoms with van der Waals surface area (Å²) in [6.07, 6.45) is 5.01. The van der Waals surface area contributed by atoms with E-state index >= 15 is 0 Å². The number of anilines is 2. The minimum Gasteiger partial charge on any atom is -0.382 e. The minimum absolute atomic E-state index is 0.0198. The quantitative estimate of drug-likeness (QED) is 0.401. The number of pyridine rings is 1. The second-order valence-electron chi connectivity index (χ2n) is 7.51. The monoisotopic (exact) mass is 445 g/mol. The Labute approximate surface area is 189 Å². The molecule has 4 aromatic heterocycles. The number of aromatic nitrogens is 6. The average molecular weight is 445 g/mol. The van der Waals surface area contributed by atoms with Crippen molar-refractivity contribution in [1.82, 2.24) is 34.8 Å². The van der Waals surface area contributed by atoms with Crippen LogP contribution in [0.3, 0.4) is 0 Å². The average Bonchev–Trinajstić information content (AvgIpc) is 3.34. The smallest absolute Gasteiger partial charge is 0.274 e. The standard InChI is InChI=1S/C22H23N9O2/c1-30(2)16-8-10-25-15(27-16)11-26-22(33)20-21(23)29-19(14-5-4-9-24-14)18(28-20)13-6-7-17(32)31(3)12-13/h4-10,12,24H,11H2,1-3H3,(H2,23,29)(H,26,33). The van der Waals surface area contributed by atoms with E-state index in [0.29, 0.717) is 28.5 Å². The number of hydrogen-bond acceptors (Lipinski definition) is 8. The van der Waals surface area contributed by atoms with E-state index in [1.165, 1.54) is 10.6 Å². The number of H-pyrrole nitrogens is 1. The van der Waals surface area contributed by atoms with Crippen LogP contribution in [-0.4, -0.2) is 49.5 Å². The fourth-order valence-electron chi connectivity index (χ4n) is 3.18. The van der Waals surface area contributed by atoms with Crippen LogP contribution in [0, 0.1) is 0 Å². The number of rotatable bonds is 6. The zero-order valence-electron chi connectivity index (χ0n) is 18.4. The summed E-state index contributed by atoms with van der Waals surface area (Å²) in [5.41, 5.74) is 8.10. The molecule has 0 atom stereocenters. The van der Waals surface area contributed by atoms with E-state index < -0.39 is 5.91 Å². The van der Waals surface area contributed by atoms with Gasteiger partial charge in [-0.3, -0.25) is 9.59 Å². The Kier molecular flexibility index (Phi) is 5.85. The number of nitrogens with zero attached hydrogens (tertiary/aromatic N) is 6. The number of aryl methyl sites for hydroxylation is 1. The fraction of sp³-hybridized carbons (Fsp3) is 0.182. The molecule has 0 spiro atoms. The first kappa shape index (κ1) is 21.7. The van der Waals surface area contributed by atoms with Gasteiger partial charge < -0.3 is 25.5 Å². The molecule has 0 radical (unpaired) electrons. The van der Waals surface area contributed by atoms with Gasteiger partial charge in [-0.1, -0.05) is 0 Å². The highest BCUT2D eigenvalue weighted by atomic mass is 16.2. The lowest BCUT2D eigenvalue weighted by Gasteiger charge is -2.13. The highest BCUT2D eigenvalue weighted by molar-refractivity contribution is 5.97. The normalized spacial score (nSPS) is 10.8. The number of nitrogen functional groups attached to an aromatic ring is 1. The lowest BCUT2D eigenvalue weighted by molar-refractivity contribution is 0.0945. The van der Waals surface area contributed by atoms with E-state index in [1.807, 2.05) is 31.1 Å². The number of carbonyl (C=O) groups is 1. The van der Waals surface area contributed by atoms with Crippen molar-refractivity contribution >= 4 is 17.5 Å². The zero-order chi connectivity index (χ0) is 23.5. The summed E-state index contributed by atoms with van der Waals surface area (Å²) in [5, 5.41) is 2.75. The van der Waals surface area contributed by atoms with E-state index in [1.54, 1.807) is 37.8 Å². The van der Waals surface area contributed by atoms with Crippen molar-refractivity contribution in [3.8, 4) is 22.6 Å². The summed E-state index contributed by atoms with van der Waals surface area (Å²) in [5.74, 6) is 0.639. The van der Waals surface area contributed by atoms with Crippen molar-refractivity contribution in [1.29, 1.82) is 0 Å². The molecular weight excluding hydrogens is 422 g/mol. The number of nitrogens with one attached hydrogen (secondary N) is 2. The van der Waals surface area contributed by atoms with E-state index in [-0.39, 0.29) is 23.6 Å². The molecule has 0 saturated heterocycles.